The molecule has 0 saturated carbocycles. The van der Waals surface area contributed by atoms with Crippen LogP contribution in [0.1, 0.15) is 142 Å². The van der Waals surface area contributed by atoms with Crippen LogP contribution in [0, 0.1) is 0 Å². The first-order valence-corrected chi connectivity index (χ1v) is 18.9. The Kier molecular flexibility index (Phi) is 28.2. The third-order valence-corrected chi connectivity index (χ3v) is 8.31. The molecule has 2 atom stereocenters. The number of allylic oxidation sites excluding steroid dienone is 2. The number of hydrogen-bond donors (Lipinski definition) is 1. The van der Waals surface area contributed by atoms with E-state index in [1.165, 1.54) is 77.0 Å². The van der Waals surface area contributed by atoms with Crippen molar-refractivity contribution in [2.24, 2.45) is 0 Å². The van der Waals surface area contributed by atoms with Gasteiger partial charge in [-0.05, 0) is 38.5 Å². The summed E-state index contributed by atoms with van der Waals surface area (Å²) in [4.78, 5) is 22.4. The molecular weight excluding hydrogens is 565 g/mol. The Morgan fingerprint density at radius 3 is 1.77 bits per heavy atom. The Balaban J connectivity index is 4.16. The van der Waals surface area contributed by atoms with Crippen molar-refractivity contribution in [3.63, 3.8) is 0 Å². The van der Waals surface area contributed by atoms with Gasteiger partial charge in [-0.1, -0.05) is 109 Å². The SMILES string of the molecule is CCCCCCCC/C=C\CCCCCCCCOCC(COP(=O)(O)OCC[N+](C)(C)C)OC(=O)CCCCCCC. The number of phosphoric ester groups is 1. The van der Waals surface area contributed by atoms with Crippen molar-refractivity contribution in [1.82, 2.24) is 0 Å². The molecule has 0 saturated heterocycles. The molecule has 256 valence electrons. The van der Waals surface area contributed by atoms with E-state index in [-0.39, 0.29) is 25.8 Å². The maximum atomic E-state index is 12.4. The normalized spacial score (nSPS) is 14.3. The lowest BCUT2D eigenvalue weighted by Gasteiger charge is -2.24. The molecule has 8 nitrogen and oxygen atoms in total. The summed E-state index contributed by atoms with van der Waals surface area (Å²) in [5, 5.41) is 0. The summed E-state index contributed by atoms with van der Waals surface area (Å²) in [5.41, 5.74) is 0. The van der Waals surface area contributed by atoms with E-state index in [1.807, 2.05) is 21.1 Å². The van der Waals surface area contributed by atoms with Gasteiger partial charge in [0.1, 0.15) is 19.3 Å². The molecule has 0 aromatic carbocycles. The van der Waals surface area contributed by atoms with Crippen LogP contribution in [0.25, 0.3) is 0 Å². The van der Waals surface area contributed by atoms with Crippen LogP contribution in [0.4, 0.5) is 0 Å². The summed E-state index contributed by atoms with van der Waals surface area (Å²) < 4.78 is 34.5. The van der Waals surface area contributed by atoms with Gasteiger partial charge in [0.2, 0.25) is 0 Å². The predicted molar refractivity (Wildman–Crippen MR) is 178 cm³/mol. The van der Waals surface area contributed by atoms with E-state index in [4.69, 9.17) is 18.5 Å². The molecule has 0 aliphatic rings. The summed E-state index contributed by atoms with van der Waals surface area (Å²) in [6.45, 7) is 5.51. The van der Waals surface area contributed by atoms with Crippen LogP contribution in [0.5, 0.6) is 0 Å². The average molecular weight is 635 g/mol. The molecule has 0 aliphatic heterocycles. The van der Waals surface area contributed by atoms with Gasteiger partial charge in [-0.15, -0.1) is 0 Å². The van der Waals surface area contributed by atoms with Crippen LogP contribution in [0.2, 0.25) is 0 Å². The fourth-order valence-electron chi connectivity index (χ4n) is 4.54. The molecule has 0 amide bonds. The minimum atomic E-state index is -4.25. The number of nitrogens with zero attached hydrogens (tertiary/aromatic N) is 1. The number of esters is 1. The molecule has 43 heavy (non-hydrogen) atoms. The van der Waals surface area contributed by atoms with Gasteiger partial charge in [0.15, 0.2) is 0 Å². The van der Waals surface area contributed by atoms with E-state index in [1.54, 1.807) is 0 Å². The third kappa shape index (κ3) is 32.4. The van der Waals surface area contributed by atoms with Crippen LogP contribution in [-0.4, -0.2) is 75.6 Å². The summed E-state index contributed by atoms with van der Waals surface area (Å²) in [6.07, 6.45) is 27.0. The largest absolute Gasteiger partial charge is 0.472 e. The van der Waals surface area contributed by atoms with E-state index < -0.39 is 13.9 Å². The molecule has 0 heterocycles. The van der Waals surface area contributed by atoms with Crippen molar-refractivity contribution < 1.29 is 37.3 Å². The smallest absolute Gasteiger partial charge is 0.457 e. The molecule has 2 unspecified atom stereocenters. The van der Waals surface area contributed by atoms with Crippen LogP contribution in [0.15, 0.2) is 12.2 Å². The van der Waals surface area contributed by atoms with Crippen molar-refractivity contribution in [2.75, 3.05) is 54.1 Å². The van der Waals surface area contributed by atoms with Crippen molar-refractivity contribution in [3.05, 3.63) is 12.2 Å². The molecule has 0 radical (unpaired) electrons. The minimum absolute atomic E-state index is 0.0892. The minimum Gasteiger partial charge on any atom is -0.457 e. The number of rotatable bonds is 32. The molecule has 0 fully saturated rings. The first kappa shape index (κ1) is 42.2. The Labute approximate surface area is 265 Å². The van der Waals surface area contributed by atoms with E-state index in [0.29, 0.717) is 24.1 Å². The lowest BCUT2D eigenvalue weighted by Crippen LogP contribution is -2.37. The number of ether oxygens (including phenoxy) is 2. The van der Waals surface area contributed by atoms with Gasteiger partial charge >= 0.3 is 13.8 Å². The van der Waals surface area contributed by atoms with Gasteiger partial charge in [0.05, 0.1) is 34.4 Å². The molecular formula is C34H69NO7P+. The second kappa shape index (κ2) is 28.7. The molecule has 0 aliphatic carbocycles. The Hall–Kier alpha value is -0.760. The Morgan fingerprint density at radius 2 is 1.21 bits per heavy atom. The maximum Gasteiger partial charge on any atom is 0.472 e. The van der Waals surface area contributed by atoms with Gasteiger partial charge in [0.25, 0.3) is 0 Å². The van der Waals surface area contributed by atoms with Gasteiger partial charge in [-0.2, -0.15) is 0 Å². The van der Waals surface area contributed by atoms with E-state index >= 15 is 0 Å². The molecule has 0 aromatic heterocycles. The molecule has 0 aromatic rings. The van der Waals surface area contributed by atoms with Crippen LogP contribution in [-0.2, 0) is 27.9 Å². The van der Waals surface area contributed by atoms with E-state index in [0.717, 1.165) is 44.9 Å². The monoisotopic (exact) mass is 634 g/mol. The van der Waals surface area contributed by atoms with Crippen LogP contribution in [0.3, 0.4) is 0 Å². The fourth-order valence-corrected chi connectivity index (χ4v) is 5.29. The number of likely N-dealkylation sites (N-methyl/N-ethyl adjacent to an activating group) is 1. The standard InChI is InChI=1S/C34H68NO7P/c1-6-8-10-12-13-14-15-16-17-18-19-20-21-22-24-26-29-39-31-33(42-34(36)27-25-23-11-9-7-2)32-41-43(37,38)40-30-28-35(3,4)5/h16-17,33H,6-15,18-32H2,1-5H3/p+1/b17-16-. The lowest BCUT2D eigenvalue weighted by molar-refractivity contribution is -0.870. The van der Waals surface area contributed by atoms with E-state index in [2.05, 4.69) is 26.0 Å². The zero-order valence-corrected chi connectivity index (χ0v) is 29.6. The van der Waals surface area contributed by atoms with Gasteiger partial charge < -0.3 is 18.9 Å². The number of quaternary nitrogens is 1. The van der Waals surface area contributed by atoms with E-state index in [9.17, 15) is 14.3 Å². The summed E-state index contributed by atoms with van der Waals surface area (Å²) >= 11 is 0. The molecule has 1 N–H and O–H groups in total. The highest BCUT2D eigenvalue weighted by Crippen LogP contribution is 2.43. The highest BCUT2D eigenvalue weighted by atomic mass is 31.2. The number of phosphoric acid groups is 1. The summed E-state index contributed by atoms with van der Waals surface area (Å²) in [7, 11) is 1.66. The van der Waals surface area contributed by atoms with Gasteiger partial charge in [-0.3, -0.25) is 13.8 Å². The molecule has 0 rings (SSSR count). The van der Waals surface area contributed by atoms with Crippen molar-refractivity contribution in [1.29, 1.82) is 0 Å². The Morgan fingerprint density at radius 1 is 0.698 bits per heavy atom. The second-order valence-electron chi connectivity index (χ2n) is 12.9. The number of hydrogen-bond acceptors (Lipinski definition) is 6. The van der Waals surface area contributed by atoms with Crippen LogP contribution < -0.4 is 0 Å². The number of unbranched alkanes of at least 4 members (excludes halogenated alkanes) is 16. The first-order chi connectivity index (χ1) is 20.6. The third-order valence-electron chi connectivity index (χ3n) is 7.33. The Bertz CT molecular complexity index is 711. The first-order valence-electron chi connectivity index (χ1n) is 17.4. The number of carbonyl (C=O) groups is 1. The molecule has 0 bridgehead atoms. The van der Waals surface area contributed by atoms with Crippen molar-refractivity contribution >= 4 is 13.8 Å². The zero-order chi connectivity index (χ0) is 32.1. The number of carbonyl (C=O) groups excluding carboxylic acids is 1. The van der Waals surface area contributed by atoms with Crippen molar-refractivity contribution in [3.8, 4) is 0 Å². The van der Waals surface area contributed by atoms with Crippen LogP contribution >= 0.6 is 7.82 Å². The topological polar surface area (TPSA) is 91.3 Å². The van der Waals surface area contributed by atoms with Gasteiger partial charge in [0, 0.05) is 13.0 Å². The lowest BCUT2D eigenvalue weighted by atomic mass is 10.1. The molecule has 0 spiro atoms. The fraction of sp³-hybridized carbons (Fsp3) is 0.912. The average Bonchev–Trinajstić information content (AvgIpc) is 2.94. The predicted octanol–water partition coefficient (Wildman–Crippen LogP) is 9.15. The zero-order valence-electron chi connectivity index (χ0n) is 28.7. The maximum absolute atomic E-state index is 12.4. The summed E-state index contributed by atoms with van der Waals surface area (Å²) in [6, 6.07) is 0. The second-order valence-corrected chi connectivity index (χ2v) is 14.4. The quantitative estimate of drug-likeness (QED) is 0.0259. The highest BCUT2D eigenvalue weighted by molar-refractivity contribution is 7.47. The summed E-state index contributed by atoms with van der Waals surface area (Å²) in [5.74, 6) is -0.329. The highest BCUT2D eigenvalue weighted by Gasteiger charge is 2.26. The van der Waals surface area contributed by atoms with Gasteiger partial charge in [-0.25, -0.2) is 4.57 Å². The van der Waals surface area contributed by atoms with Crippen molar-refractivity contribution in [2.45, 2.75) is 148 Å². The molecule has 9 heteroatoms.